The van der Waals surface area contributed by atoms with Crippen LogP contribution in [0.4, 0.5) is 5.82 Å². The molecular weight excluding hydrogens is 194 g/mol. The van der Waals surface area contributed by atoms with E-state index < -0.39 is 0 Å². The van der Waals surface area contributed by atoms with Crippen molar-refractivity contribution in [3.63, 3.8) is 0 Å². The van der Waals surface area contributed by atoms with Gasteiger partial charge in [-0.1, -0.05) is 11.8 Å². The molecule has 0 amide bonds. The van der Waals surface area contributed by atoms with Gasteiger partial charge in [0, 0.05) is 19.3 Å². The average molecular weight is 209 g/mol. The first-order valence-corrected chi connectivity index (χ1v) is 6.24. The van der Waals surface area contributed by atoms with Crippen molar-refractivity contribution in [1.29, 1.82) is 0 Å². The van der Waals surface area contributed by atoms with Crippen molar-refractivity contribution in [3.8, 4) is 0 Å². The molecule has 0 N–H and O–H groups in total. The lowest BCUT2D eigenvalue weighted by atomic mass is 10.1. The summed E-state index contributed by atoms with van der Waals surface area (Å²) >= 11 is 1.60. The first-order chi connectivity index (χ1) is 6.90. The molecule has 1 aromatic rings. The van der Waals surface area contributed by atoms with Crippen LogP contribution >= 0.6 is 11.8 Å². The summed E-state index contributed by atoms with van der Waals surface area (Å²) in [6.45, 7) is 2.29. The highest BCUT2D eigenvalue weighted by atomic mass is 32.2. The minimum atomic E-state index is 0.869. The predicted octanol–water partition coefficient (Wildman–Crippen LogP) is 2.19. The number of hydrogen-bond donors (Lipinski definition) is 0. The summed E-state index contributed by atoms with van der Waals surface area (Å²) in [5, 5.41) is 0.869. The Hall–Kier alpha value is -0.770. The minimum Gasteiger partial charge on any atom is -0.356 e. The molecule has 4 heteroatoms. The van der Waals surface area contributed by atoms with E-state index in [2.05, 4.69) is 14.9 Å². The third-order valence-electron chi connectivity index (χ3n) is 2.48. The molecule has 1 fully saturated rings. The van der Waals surface area contributed by atoms with Gasteiger partial charge in [0.25, 0.3) is 0 Å². The molecule has 3 nitrogen and oxygen atoms in total. The van der Waals surface area contributed by atoms with Crippen molar-refractivity contribution in [3.05, 3.63) is 12.3 Å². The molecule has 1 aromatic heterocycles. The Morgan fingerprint density at radius 2 is 2.07 bits per heavy atom. The molecule has 0 saturated carbocycles. The van der Waals surface area contributed by atoms with Crippen LogP contribution < -0.4 is 4.90 Å². The smallest absolute Gasteiger partial charge is 0.189 e. The maximum Gasteiger partial charge on any atom is 0.189 e. The van der Waals surface area contributed by atoms with Gasteiger partial charge in [-0.2, -0.15) is 0 Å². The Balaban J connectivity index is 2.13. The SMILES string of the molecule is CSc1nccc(N2CCCCC2)n1. The molecule has 0 spiro atoms. The van der Waals surface area contributed by atoms with Crippen molar-refractivity contribution >= 4 is 17.6 Å². The lowest BCUT2D eigenvalue weighted by Gasteiger charge is -2.27. The van der Waals surface area contributed by atoms with Gasteiger partial charge < -0.3 is 4.90 Å². The average Bonchev–Trinajstić information content (AvgIpc) is 2.30. The van der Waals surface area contributed by atoms with Gasteiger partial charge in [0.05, 0.1) is 0 Å². The number of thioether (sulfide) groups is 1. The quantitative estimate of drug-likeness (QED) is 0.551. The maximum atomic E-state index is 4.49. The Morgan fingerprint density at radius 3 is 2.79 bits per heavy atom. The molecule has 0 aliphatic carbocycles. The van der Waals surface area contributed by atoms with Gasteiger partial charge in [-0.25, -0.2) is 9.97 Å². The van der Waals surface area contributed by atoms with E-state index in [4.69, 9.17) is 0 Å². The van der Waals surface area contributed by atoms with E-state index >= 15 is 0 Å². The van der Waals surface area contributed by atoms with Gasteiger partial charge in [-0.3, -0.25) is 0 Å². The van der Waals surface area contributed by atoms with E-state index in [0.717, 1.165) is 24.1 Å². The van der Waals surface area contributed by atoms with Crippen molar-refractivity contribution in [1.82, 2.24) is 9.97 Å². The van der Waals surface area contributed by atoms with E-state index in [1.807, 2.05) is 18.5 Å². The van der Waals surface area contributed by atoms with Gasteiger partial charge in [-0.05, 0) is 31.6 Å². The van der Waals surface area contributed by atoms with Gasteiger partial charge in [0.15, 0.2) is 5.16 Å². The Kier molecular flexibility index (Phi) is 3.24. The van der Waals surface area contributed by atoms with Crippen LogP contribution in [0.5, 0.6) is 0 Å². The van der Waals surface area contributed by atoms with E-state index in [1.165, 1.54) is 19.3 Å². The van der Waals surface area contributed by atoms with Gasteiger partial charge in [-0.15, -0.1) is 0 Å². The summed E-state index contributed by atoms with van der Waals surface area (Å²) in [5.41, 5.74) is 0. The minimum absolute atomic E-state index is 0.869. The van der Waals surface area contributed by atoms with E-state index in [0.29, 0.717) is 0 Å². The molecule has 0 aromatic carbocycles. The number of rotatable bonds is 2. The molecule has 0 unspecified atom stereocenters. The molecular formula is C10H15N3S. The maximum absolute atomic E-state index is 4.49. The monoisotopic (exact) mass is 209 g/mol. The van der Waals surface area contributed by atoms with Crippen LogP contribution in [0.3, 0.4) is 0 Å². The van der Waals surface area contributed by atoms with Crippen LogP contribution in [0.1, 0.15) is 19.3 Å². The number of anilines is 1. The van der Waals surface area contributed by atoms with Crippen molar-refractivity contribution in [2.24, 2.45) is 0 Å². The van der Waals surface area contributed by atoms with E-state index in [9.17, 15) is 0 Å². The molecule has 0 radical (unpaired) electrons. The predicted molar refractivity (Wildman–Crippen MR) is 59.9 cm³/mol. The molecule has 1 saturated heterocycles. The van der Waals surface area contributed by atoms with Crippen LogP contribution in [-0.4, -0.2) is 29.3 Å². The van der Waals surface area contributed by atoms with Gasteiger partial charge >= 0.3 is 0 Å². The van der Waals surface area contributed by atoms with Crippen molar-refractivity contribution in [2.75, 3.05) is 24.2 Å². The third-order valence-corrected chi connectivity index (χ3v) is 3.04. The fourth-order valence-corrected chi connectivity index (χ4v) is 2.08. The highest BCUT2D eigenvalue weighted by molar-refractivity contribution is 7.98. The lowest BCUT2D eigenvalue weighted by Crippen LogP contribution is -2.30. The van der Waals surface area contributed by atoms with Crippen LogP contribution in [0.25, 0.3) is 0 Å². The largest absolute Gasteiger partial charge is 0.356 e. The van der Waals surface area contributed by atoms with E-state index in [-0.39, 0.29) is 0 Å². The van der Waals surface area contributed by atoms with Gasteiger partial charge in [0.1, 0.15) is 5.82 Å². The fourth-order valence-electron chi connectivity index (χ4n) is 1.73. The number of hydrogen-bond acceptors (Lipinski definition) is 4. The molecule has 14 heavy (non-hydrogen) atoms. The van der Waals surface area contributed by atoms with Gasteiger partial charge in [0.2, 0.25) is 0 Å². The molecule has 0 atom stereocenters. The highest BCUT2D eigenvalue weighted by Crippen LogP contribution is 2.18. The van der Waals surface area contributed by atoms with Crippen molar-refractivity contribution in [2.45, 2.75) is 24.4 Å². The topological polar surface area (TPSA) is 29.0 Å². The second-order valence-electron chi connectivity index (χ2n) is 3.45. The summed E-state index contributed by atoms with van der Waals surface area (Å²) in [4.78, 5) is 11.0. The zero-order chi connectivity index (χ0) is 9.80. The summed E-state index contributed by atoms with van der Waals surface area (Å²) in [6.07, 6.45) is 7.80. The zero-order valence-electron chi connectivity index (χ0n) is 8.44. The van der Waals surface area contributed by atoms with Crippen LogP contribution in [-0.2, 0) is 0 Å². The summed E-state index contributed by atoms with van der Waals surface area (Å²) in [6, 6.07) is 2.00. The van der Waals surface area contributed by atoms with Crippen LogP contribution in [0.15, 0.2) is 17.4 Å². The van der Waals surface area contributed by atoms with Crippen LogP contribution in [0, 0.1) is 0 Å². The summed E-state index contributed by atoms with van der Waals surface area (Å²) in [5.74, 6) is 1.09. The number of piperidine rings is 1. The molecule has 2 heterocycles. The van der Waals surface area contributed by atoms with Crippen molar-refractivity contribution < 1.29 is 0 Å². The molecule has 0 bridgehead atoms. The normalized spacial score (nSPS) is 17.1. The number of aromatic nitrogens is 2. The summed E-state index contributed by atoms with van der Waals surface area (Å²) < 4.78 is 0. The number of nitrogens with zero attached hydrogens (tertiary/aromatic N) is 3. The second kappa shape index (κ2) is 4.64. The molecule has 1 aliphatic heterocycles. The lowest BCUT2D eigenvalue weighted by molar-refractivity contribution is 0.571. The molecule has 1 aliphatic rings. The van der Waals surface area contributed by atoms with Crippen LogP contribution in [0.2, 0.25) is 0 Å². The Labute approximate surface area is 88.9 Å². The molecule has 76 valence electrons. The standard InChI is InChI=1S/C10H15N3S/c1-14-10-11-6-5-9(12-10)13-7-3-2-4-8-13/h5-6H,2-4,7-8H2,1H3. The fraction of sp³-hybridized carbons (Fsp3) is 0.600. The zero-order valence-corrected chi connectivity index (χ0v) is 9.26. The Morgan fingerprint density at radius 1 is 1.29 bits per heavy atom. The first-order valence-electron chi connectivity index (χ1n) is 5.02. The highest BCUT2D eigenvalue weighted by Gasteiger charge is 2.12. The second-order valence-corrected chi connectivity index (χ2v) is 4.22. The first kappa shape index (κ1) is 9.77. The third kappa shape index (κ3) is 2.18. The molecule has 2 rings (SSSR count). The Bertz CT molecular complexity index is 297. The van der Waals surface area contributed by atoms with E-state index in [1.54, 1.807) is 11.8 Å². The summed E-state index contributed by atoms with van der Waals surface area (Å²) in [7, 11) is 0.